The smallest absolute Gasteiger partial charge is 0.481 e. The molecule has 1 amide bonds. The number of halogens is 1. The maximum atomic E-state index is 13.4. The van der Waals surface area contributed by atoms with E-state index in [1.54, 1.807) is 6.07 Å². The van der Waals surface area contributed by atoms with Crippen molar-refractivity contribution >= 4 is 41.7 Å². The average Bonchev–Trinajstić information content (AvgIpc) is 3.31. The number of aliphatic carboxylic acids is 1. The number of carbonyl (C=O) groups is 2. The largest absolute Gasteiger partial charge is 0.496 e. The topological polar surface area (TPSA) is 106 Å². The van der Waals surface area contributed by atoms with Crippen LogP contribution in [0.1, 0.15) is 75.4 Å². The second-order valence-electron chi connectivity index (χ2n) is 12.2. The van der Waals surface area contributed by atoms with Crippen LogP contribution >= 0.6 is 11.6 Å². The zero-order chi connectivity index (χ0) is 28.1. The Morgan fingerprint density at radius 3 is 2.46 bits per heavy atom. The minimum atomic E-state index is -0.670. The van der Waals surface area contributed by atoms with Crippen molar-refractivity contribution in [2.75, 3.05) is 18.4 Å². The van der Waals surface area contributed by atoms with Crippen molar-refractivity contribution in [3.05, 3.63) is 40.4 Å². The van der Waals surface area contributed by atoms with Crippen molar-refractivity contribution in [2.45, 2.75) is 77.5 Å². The molecular formula is C28H38BClN4O5. The third-order valence-electron chi connectivity index (χ3n) is 9.03. The third kappa shape index (κ3) is 5.49. The van der Waals surface area contributed by atoms with E-state index in [0.717, 1.165) is 56.6 Å². The molecule has 2 fully saturated rings. The molecule has 0 atom stereocenters. The van der Waals surface area contributed by atoms with Crippen LogP contribution in [-0.2, 0) is 34.1 Å². The van der Waals surface area contributed by atoms with Gasteiger partial charge < -0.3 is 24.3 Å². The summed E-state index contributed by atoms with van der Waals surface area (Å²) in [5.74, 6) is -0.333. The Balaban J connectivity index is 1.25. The number of nitrogens with one attached hydrogen (secondary N) is 1. The number of imidazole rings is 1. The van der Waals surface area contributed by atoms with Crippen molar-refractivity contribution < 1.29 is 24.0 Å². The number of benzene rings is 1. The number of hydrogen-bond donors (Lipinski definition) is 2. The van der Waals surface area contributed by atoms with Gasteiger partial charge in [-0.1, -0.05) is 23.7 Å². The average molecular weight is 557 g/mol. The normalized spacial score (nSPS) is 24.4. The van der Waals surface area contributed by atoms with Crippen LogP contribution in [0.15, 0.2) is 18.2 Å². The van der Waals surface area contributed by atoms with E-state index in [9.17, 15) is 14.7 Å². The van der Waals surface area contributed by atoms with Gasteiger partial charge in [0.05, 0.1) is 33.5 Å². The van der Waals surface area contributed by atoms with E-state index in [-0.39, 0.29) is 11.8 Å². The van der Waals surface area contributed by atoms with E-state index in [1.165, 1.54) is 0 Å². The first-order valence-electron chi connectivity index (χ1n) is 13.8. The van der Waals surface area contributed by atoms with Gasteiger partial charge in [0, 0.05) is 44.3 Å². The quantitative estimate of drug-likeness (QED) is 0.520. The number of rotatable bonds is 6. The van der Waals surface area contributed by atoms with E-state index in [0.29, 0.717) is 34.5 Å². The Morgan fingerprint density at radius 1 is 1.15 bits per heavy atom. The molecule has 0 unspecified atom stereocenters. The van der Waals surface area contributed by atoms with Crippen LogP contribution in [0.25, 0.3) is 0 Å². The molecule has 0 spiro atoms. The molecule has 1 aromatic heterocycles. The number of fused-ring (bicyclic) bond motifs is 1. The van der Waals surface area contributed by atoms with Crippen LogP contribution in [0.4, 0.5) is 5.69 Å². The van der Waals surface area contributed by atoms with Crippen molar-refractivity contribution in [2.24, 2.45) is 18.9 Å². The lowest BCUT2D eigenvalue weighted by Gasteiger charge is -2.33. The summed E-state index contributed by atoms with van der Waals surface area (Å²) in [6, 6.07) is 5.44. The van der Waals surface area contributed by atoms with Crippen molar-refractivity contribution in [1.82, 2.24) is 14.5 Å². The lowest BCUT2D eigenvalue weighted by Crippen LogP contribution is -2.41. The molecule has 210 valence electrons. The Hall–Kier alpha value is -2.40. The molecule has 1 aromatic carbocycles. The van der Waals surface area contributed by atoms with Crippen molar-refractivity contribution in [1.29, 1.82) is 0 Å². The minimum absolute atomic E-state index is 0.197. The van der Waals surface area contributed by atoms with Crippen molar-refractivity contribution in [3.8, 4) is 0 Å². The first-order valence-corrected chi connectivity index (χ1v) is 14.2. The summed E-state index contributed by atoms with van der Waals surface area (Å²) in [5.41, 5.74) is 2.14. The van der Waals surface area contributed by atoms with Crippen LogP contribution in [0.2, 0.25) is 5.02 Å². The predicted molar refractivity (Wildman–Crippen MR) is 150 cm³/mol. The van der Waals surface area contributed by atoms with Gasteiger partial charge >= 0.3 is 13.1 Å². The number of anilines is 1. The van der Waals surface area contributed by atoms with Gasteiger partial charge in [-0.2, -0.15) is 0 Å². The second-order valence-corrected chi connectivity index (χ2v) is 12.6. The fraction of sp³-hybridized carbons (Fsp3) is 0.607. The molecule has 11 heteroatoms. The van der Waals surface area contributed by atoms with Crippen LogP contribution in [-0.4, -0.2) is 62.8 Å². The summed E-state index contributed by atoms with van der Waals surface area (Å²) in [6.45, 7) is 10.5. The highest BCUT2D eigenvalue weighted by molar-refractivity contribution is 6.66. The Bertz CT molecular complexity index is 1250. The monoisotopic (exact) mass is 556 g/mol. The molecule has 39 heavy (non-hydrogen) atoms. The third-order valence-corrected chi connectivity index (χ3v) is 9.46. The minimum Gasteiger partial charge on any atom is -0.481 e. The van der Waals surface area contributed by atoms with Crippen LogP contribution in [0, 0.1) is 11.8 Å². The zero-order valence-corrected chi connectivity index (χ0v) is 24.2. The molecule has 2 N–H and O–H groups in total. The second kappa shape index (κ2) is 10.5. The number of carboxylic acid groups (broad SMARTS) is 1. The molecule has 0 bridgehead atoms. The molecule has 5 rings (SSSR count). The van der Waals surface area contributed by atoms with E-state index >= 15 is 0 Å². The molecule has 2 aromatic rings. The molecule has 9 nitrogen and oxygen atoms in total. The van der Waals surface area contributed by atoms with Gasteiger partial charge in [-0.05, 0) is 65.4 Å². The summed E-state index contributed by atoms with van der Waals surface area (Å²) in [4.78, 5) is 31.7. The first kappa shape index (κ1) is 28.1. The highest BCUT2D eigenvalue weighted by atomic mass is 35.5. The molecule has 1 aliphatic carbocycles. The summed E-state index contributed by atoms with van der Waals surface area (Å²) >= 11 is 6.74. The number of amides is 1. The Labute approximate surface area is 235 Å². The highest BCUT2D eigenvalue weighted by Gasteiger charge is 2.52. The molecule has 3 heterocycles. The Morgan fingerprint density at radius 2 is 1.82 bits per heavy atom. The van der Waals surface area contributed by atoms with Crippen LogP contribution in [0.3, 0.4) is 0 Å². The van der Waals surface area contributed by atoms with E-state index in [4.69, 9.17) is 25.9 Å². The van der Waals surface area contributed by atoms with Gasteiger partial charge in [-0.25, -0.2) is 4.98 Å². The summed E-state index contributed by atoms with van der Waals surface area (Å²) < 4.78 is 14.2. The van der Waals surface area contributed by atoms with Gasteiger partial charge in [-0.15, -0.1) is 0 Å². The van der Waals surface area contributed by atoms with Gasteiger partial charge in [0.2, 0.25) is 0 Å². The maximum absolute atomic E-state index is 13.4. The SMILES string of the molecule is Cn1c(C(=O)Nc2cccc(B3OC(C)(C)C(C)(C)O3)c2Cl)nc2c1CCN(C[C@H]1CC[C@H](C(=O)O)CC1)C2. The van der Waals surface area contributed by atoms with Crippen LogP contribution < -0.4 is 10.8 Å². The standard InChI is InChI=1S/C28H38BClN4O5/c1-27(2)28(3,4)39-29(38-27)19-7-6-8-20(23(19)30)32-25(35)24-31-21-16-34(14-13-22(21)33(24)5)15-17-9-11-18(12-10-17)26(36)37/h6-8,17-18H,9-16H2,1-5H3,(H,32,35)(H,36,37)/t17-,18-. The highest BCUT2D eigenvalue weighted by Crippen LogP contribution is 2.37. The number of aromatic nitrogens is 2. The van der Waals surface area contributed by atoms with E-state index < -0.39 is 24.3 Å². The number of hydrogen-bond acceptors (Lipinski definition) is 6. The predicted octanol–water partition coefficient (Wildman–Crippen LogP) is 3.87. The number of carboxylic acids is 1. The molecule has 3 aliphatic rings. The van der Waals surface area contributed by atoms with E-state index in [2.05, 4.69) is 10.2 Å². The summed E-state index contributed by atoms with van der Waals surface area (Å²) in [7, 11) is 1.25. The molecule has 1 saturated heterocycles. The number of carbonyl (C=O) groups excluding carboxylic acids is 1. The summed E-state index contributed by atoms with van der Waals surface area (Å²) in [6.07, 6.45) is 4.22. The van der Waals surface area contributed by atoms with Gasteiger partial charge in [-0.3, -0.25) is 14.5 Å². The molecule has 2 aliphatic heterocycles. The zero-order valence-electron chi connectivity index (χ0n) is 23.4. The van der Waals surface area contributed by atoms with Crippen LogP contribution in [0.5, 0.6) is 0 Å². The van der Waals surface area contributed by atoms with Gasteiger partial charge in [0.15, 0.2) is 5.82 Å². The van der Waals surface area contributed by atoms with E-state index in [1.807, 2.05) is 51.4 Å². The molecular weight excluding hydrogens is 519 g/mol. The fourth-order valence-electron chi connectivity index (χ4n) is 5.87. The summed E-state index contributed by atoms with van der Waals surface area (Å²) in [5, 5.41) is 12.6. The molecule has 1 saturated carbocycles. The van der Waals surface area contributed by atoms with Crippen molar-refractivity contribution in [3.63, 3.8) is 0 Å². The maximum Gasteiger partial charge on any atom is 0.496 e. The fourth-order valence-corrected chi connectivity index (χ4v) is 6.14. The van der Waals surface area contributed by atoms with Gasteiger partial charge in [0.25, 0.3) is 5.91 Å². The number of nitrogens with zero attached hydrogens (tertiary/aromatic N) is 3. The lowest BCUT2D eigenvalue weighted by molar-refractivity contribution is -0.143. The molecule has 0 radical (unpaired) electrons. The lowest BCUT2D eigenvalue weighted by atomic mass is 9.79. The Kier molecular flexibility index (Phi) is 7.61. The van der Waals surface area contributed by atoms with Gasteiger partial charge in [0.1, 0.15) is 0 Å². The first-order chi connectivity index (χ1) is 18.4.